The van der Waals surface area contributed by atoms with Crippen molar-refractivity contribution in [2.75, 3.05) is 0 Å². The van der Waals surface area contributed by atoms with E-state index in [-0.39, 0.29) is 12.4 Å². The summed E-state index contributed by atoms with van der Waals surface area (Å²) < 4.78 is 2.88. The fraction of sp³-hybridized carbons (Fsp3) is 0. The van der Waals surface area contributed by atoms with E-state index in [4.69, 9.17) is 5.73 Å². The summed E-state index contributed by atoms with van der Waals surface area (Å²) in [4.78, 5) is 0. The number of hydrogen-bond acceptors (Lipinski definition) is 3. The summed E-state index contributed by atoms with van der Waals surface area (Å²) in [7, 11) is 0. The molecule has 0 atom stereocenters. The van der Waals surface area contributed by atoms with Crippen molar-refractivity contribution in [2.45, 2.75) is 0 Å². The van der Waals surface area contributed by atoms with Crippen molar-refractivity contribution < 1.29 is 0 Å². The Labute approximate surface area is 58.8 Å². The molecule has 46 valence electrons. The van der Waals surface area contributed by atoms with Gasteiger partial charge >= 0.3 is 0 Å². The number of hydrogen-bond donors (Lipinski definition) is 2. The minimum absolute atomic E-state index is 0. The number of halogens is 1. The Morgan fingerprint density at radius 1 is 1.62 bits per heavy atom. The van der Waals surface area contributed by atoms with Crippen LogP contribution < -0.4 is 10.5 Å². The molecule has 0 aromatic carbocycles. The highest BCUT2D eigenvalue weighted by molar-refractivity contribution is 8.00. The van der Waals surface area contributed by atoms with Crippen LogP contribution in [0.4, 0.5) is 0 Å². The molecular weight excluding hydrogens is 144 g/mol. The molecule has 1 aliphatic rings. The summed E-state index contributed by atoms with van der Waals surface area (Å²) in [5.74, 6) is 0. The highest BCUT2D eigenvalue weighted by atomic mass is 35.5. The van der Waals surface area contributed by atoms with Gasteiger partial charge in [0.25, 0.3) is 0 Å². The SMILES string of the molecule is Cl.NC1=CNSC=C1. The maximum Gasteiger partial charge on any atom is 0.0488 e. The number of allylic oxidation sites excluding steroid dienone is 1. The second-order valence-corrected chi connectivity index (χ2v) is 1.93. The lowest BCUT2D eigenvalue weighted by Crippen LogP contribution is -2.02. The van der Waals surface area contributed by atoms with Crippen molar-refractivity contribution in [3.8, 4) is 0 Å². The van der Waals surface area contributed by atoms with Crippen LogP contribution in [0.5, 0.6) is 0 Å². The van der Waals surface area contributed by atoms with Gasteiger partial charge in [0.05, 0.1) is 0 Å². The predicted molar refractivity (Wildman–Crippen MR) is 39.4 cm³/mol. The molecule has 0 saturated heterocycles. The molecule has 1 heterocycles. The molecule has 0 aliphatic carbocycles. The monoisotopic (exact) mass is 150 g/mol. The van der Waals surface area contributed by atoms with Gasteiger partial charge in [-0.15, -0.1) is 12.4 Å². The predicted octanol–water partition coefficient (Wildman–Crippen LogP) is 0.973. The topological polar surface area (TPSA) is 38.0 Å². The Hall–Kier alpha value is -0.280. The standard InChI is InChI=1S/C4H6N2S.ClH/c5-4-1-2-7-6-3-4;/h1-3,6H,5H2;1H. The van der Waals surface area contributed by atoms with Crippen LogP contribution in [0.2, 0.25) is 0 Å². The summed E-state index contributed by atoms with van der Waals surface area (Å²) >= 11 is 1.51. The van der Waals surface area contributed by atoms with E-state index < -0.39 is 0 Å². The van der Waals surface area contributed by atoms with Crippen molar-refractivity contribution in [3.63, 3.8) is 0 Å². The smallest absolute Gasteiger partial charge is 0.0488 e. The molecule has 1 aliphatic heterocycles. The third kappa shape index (κ3) is 2.14. The third-order valence-electron chi connectivity index (χ3n) is 0.622. The van der Waals surface area contributed by atoms with E-state index >= 15 is 0 Å². The molecular formula is C4H7ClN2S. The normalized spacial score (nSPS) is 15.8. The van der Waals surface area contributed by atoms with E-state index in [0.717, 1.165) is 5.70 Å². The molecule has 3 N–H and O–H groups in total. The lowest BCUT2D eigenvalue weighted by molar-refractivity contribution is 1.29. The van der Waals surface area contributed by atoms with Crippen LogP contribution in [-0.2, 0) is 0 Å². The number of nitrogens with one attached hydrogen (secondary N) is 1. The molecule has 0 bridgehead atoms. The average molecular weight is 151 g/mol. The minimum atomic E-state index is 0. The summed E-state index contributed by atoms with van der Waals surface area (Å²) in [5.41, 5.74) is 6.11. The quantitative estimate of drug-likeness (QED) is 0.506. The van der Waals surface area contributed by atoms with Crippen LogP contribution in [0.1, 0.15) is 0 Å². The van der Waals surface area contributed by atoms with E-state index in [2.05, 4.69) is 4.72 Å². The third-order valence-corrected chi connectivity index (χ3v) is 1.15. The van der Waals surface area contributed by atoms with Gasteiger partial charge < -0.3 is 10.5 Å². The van der Waals surface area contributed by atoms with Crippen LogP contribution in [0.15, 0.2) is 23.4 Å². The molecule has 0 radical (unpaired) electrons. The molecule has 0 unspecified atom stereocenters. The van der Waals surface area contributed by atoms with E-state index in [9.17, 15) is 0 Å². The van der Waals surface area contributed by atoms with E-state index in [0.29, 0.717) is 0 Å². The first-order chi connectivity index (χ1) is 3.39. The Balaban J connectivity index is 0.000000490. The molecule has 0 saturated carbocycles. The van der Waals surface area contributed by atoms with Crippen molar-refractivity contribution in [1.82, 2.24) is 4.72 Å². The van der Waals surface area contributed by atoms with Crippen LogP contribution in [-0.4, -0.2) is 0 Å². The van der Waals surface area contributed by atoms with Gasteiger partial charge in [0.1, 0.15) is 0 Å². The molecule has 0 amide bonds. The summed E-state index contributed by atoms with van der Waals surface area (Å²) in [6.07, 6.45) is 3.60. The van der Waals surface area contributed by atoms with Gasteiger partial charge in [-0.25, -0.2) is 0 Å². The molecule has 0 aromatic rings. The lowest BCUT2D eigenvalue weighted by atomic mass is 10.5. The zero-order valence-corrected chi connectivity index (χ0v) is 5.76. The highest BCUT2D eigenvalue weighted by Crippen LogP contribution is 2.02. The molecule has 1 rings (SSSR count). The molecule has 8 heavy (non-hydrogen) atoms. The van der Waals surface area contributed by atoms with Crippen LogP contribution in [0.25, 0.3) is 0 Å². The van der Waals surface area contributed by atoms with Crippen molar-refractivity contribution in [3.05, 3.63) is 23.4 Å². The van der Waals surface area contributed by atoms with Crippen LogP contribution in [0.3, 0.4) is 0 Å². The Morgan fingerprint density at radius 3 is 2.62 bits per heavy atom. The van der Waals surface area contributed by atoms with Crippen LogP contribution >= 0.6 is 24.4 Å². The first-order valence-electron chi connectivity index (χ1n) is 1.93. The zero-order chi connectivity index (χ0) is 5.11. The van der Waals surface area contributed by atoms with Gasteiger partial charge in [-0.05, 0) is 23.4 Å². The molecule has 2 nitrogen and oxygen atoms in total. The summed E-state index contributed by atoms with van der Waals surface area (Å²) in [5, 5.41) is 1.90. The second kappa shape index (κ2) is 3.69. The van der Waals surface area contributed by atoms with Crippen molar-refractivity contribution in [1.29, 1.82) is 0 Å². The van der Waals surface area contributed by atoms with Crippen molar-refractivity contribution >= 4 is 24.4 Å². The molecule has 0 spiro atoms. The van der Waals surface area contributed by atoms with Crippen LogP contribution in [0, 0.1) is 0 Å². The Morgan fingerprint density at radius 2 is 2.38 bits per heavy atom. The van der Waals surface area contributed by atoms with E-state index in [1.165, 1.54) is 11.9 Å². The summed E-state index contributed by atoms with van der Waals surface area (Å²) in [6, 6.07) is 0. The maximum atomic E-state index is 5.33. The largest absolute Gasteiger partial charge is 0.398 e. The van der Waals surface area contributed by atoms with Crippen molar-refractivity contribution in [2.24, 2.45) is 5.73 Å². The molecule has 4 heteroatoms. The second-order valence-electron chi connectivity index (χ2n) is 1.18. The minimum Gasteiger partial charge on any atom is -0.398 e. The Kier molecular flexibility index (Phi) is 3.56. The highest BCUT2D eigenvalue weighted by Gasteiger charge is 1.85. The van der Waals surface area contributed by atoms with Gasteiger partial charge in [-0.2, -0.15) is 0 Å². The average Bonchev–Trinajstić information content (AvgIpc) is 1.69. The molecule has 0 aromatic heterocycles. The van der Waals surface area contributed by atoms with Gasteiger partial charge in [-0.3, -0.25) is 0 Å². The lowest BCUT2D eigenvalue weighted by Gasteiger charge is -1.99. The fourth-order valence-electron chi connectivity index (χ4n) is 0.302. The van der Waals surface area contributed by atoms with Gasteiger partial charge in [-0.1, -0.05) is 0 Å². The van der Waals surface area contributed by atoms with E-state index in [1.54, 1.807) is 6.20 Å². The summed E-state index contributed by atoms with van der Waals surface area (Å²) in [6.45, 7) is 0. The fourth-order valence-corrected chi connectivity index (χ4v) is 0.810. The number of nitrogens with two attached hydrogens (primary N) is 1. The van der Waals surface area contributed by atoms with Gasteiger partial charge in [0.2, 0.25) is 0 Å². The van der Waals surface area contributed by atoms with Gasteiger partial charge in [0.15, 0.2) is 0 Å². The maximum absolute atomic E-state index is 5.33. The molecule has 0 fully saturated rings. The number of rotatable bonds is 0. The Bertz CT molecular complexity index is 121. The van der Waals surface area contributed by atoms with Gasteiger partial charge in [0, 0.05) is 11.9 Å². The zero-order valence-electron chi connectivity index (χ0n) is 4.13. The van der Waals surface area contributed by atoms with E-state index in [1.807, 2.05) is 11.5 Å². The first-order valence-corrected chi connectivity index (χ1v) is 2.81. The first kappa shape index (κ1) is 7.72.